The molecule has 0 aromatic heterocycles. The lowest BCUT2D eigenvalue weighted by molar-refractivity contribution is 0.599. The predicted molar refractivity (Wildman–Crippen MR) is 62.7 cm³/mol. The van der Waals surface area contributed by atoms with E-state index in [-0.39, 0.29) is 5.75 Å². The van der Waals surface area contributed by atoms with Crippen molar-refractivity contribution in [1.29, 1.82) is 0 Å². The van der Waals surface area contributed by atoms with E-state index in [1.165, 1.54) is 0 Å². The van der Waals surface area contributed by atoms with Gasteiger partial charge in [-0.1, -0.05) is 36.8 Å². The second-order valence-corrected chi connectivity index (χ2v) is 5.51. The van der Waals surface area contributed by atoms with Gasteiger partial charge in [0.1, 0.15) is 0 Å². The average molecular weight is 224 g/mol. The highest BCUT2D eigenvalue weighted by Crippen LogP contribution is 2.12. The molecule has 0 aliphatic heterocycles. The number of sulfone groups is 1. The van der Waals surface area contributed by atoms with Crippen molar-refractivity contribution in [2.45, 2.75) is 25.2 Å². The van der Waals surface area contributed by atoms with Crippen LogP contribution < -0.4 is 0 Å². The van der Waals surface area contributed by atoms with Gasteiger partial charge in [0.25, 0.3) is 0 Å². The van der Waals surface area contributed by atoms with Gasteiger partial charge >= 0.3 is 0 Å². The van der Waals surface area contributed by atoms with Gasteiger partial charge in [-0.25, -0.2) is 8.42 Å². The zero-order valence-electron chi connectivity index (χ0n) is 9.10. The third kappa shape index (κ3) is 3.51. The summed E-state index contributed by atoms with van der Waals surface area (Å²) in [6.07, 6.45) is 4.43. The van der Waals surface area contributed by atoms with Crippen molar-refractivity contribution in [3.05, 3.63) is 42.0 Å². The molecule has 0 radical (unpaired) electrons. The molecule has 0 spiro atoms. The van der Waals surface area contributed by atoms with Gasteiger partial charge in [-0.15, -0.1) is 0 Å². The second kappa shape index (κ2) is 5.12. The maximum atomic E-state index is 11.8. The molecule has 1 aromatic rings. The number of rotatable bonds is 4. The Kier molecular flexibility index (Phi) is 4.09. The summed E-state index contributed by atoms with van der Waals surface area (Å²) in [6.45, 7) is 3.92. The van der Waals surface area contributed by atoms with Gasteiger partial charge in [-0.2, -0.15) is 0 Å². The van der Waals surface area contributed by atoms with Crippen LogP contribution in [0.2, 0.25) is 0 Å². The molecule has 0 aliphatic rings. The molecule has 2 nitrogen and oxygen atoms in total. The molecule has 0 saturated carbocycles. The zero-order chi connectivity index (χ0) is 11.3. The van der Waals surface area contributed by atoms with Crippen molar-refractivity contribution >= 4 is 9.84 Å². The monoisotopic (exact) mass is 224 g/mol. The molecule has 15 heavy (non-hydrogen) atoms. The molecule has 0 atom stereocenters. The molecular weight excluding hydrogens is 208 g/mol. The van der Waals surface area contributed by atoms with Crippen LogP contribution in [0, 0.1) is 6.92 Å². The van der Waals surface area contributed by atoms with Crippen LogP contribution in [0.25, 0.3) is 0 Å². The molecule has 0 fully saturated rings. The predicted octanol–water partition coefficient (Wildman–Crippen LogP) is 2.73. The Morgan fingerprint density at radius 2 is 1.73 bits per heavy atom. The Hall–Kier alpha value is -1.09. The summed E-state index contributed by atoms with van der Waals surface area (Å²) in [6, 6.07) is 6.95. The molecule has 0 saturated heterocycles. The summed E-state index contributed by atoms with van der Waals surface area (Å²) in [7, 11) is -3.14. The third-order valence-corrected chi connectivity index (χ3v) is 3.72. The van der Waals surface area contributed by atoms with Crippen molar-refractivity contribution in [2.24, 2.45) is 0 Å². The SMILES string of the molecule is CC/C=C\CS(=O)(=O)c1ccc(C)cc1. The fourth-order valence-corrected chi connectivity index (χ4v) is 2.34. The first-order chi connectivity index (χ1) is 7.06. The van der Waals surface area contributed by atoms with E-state index < -0.39 is 9.84 Å². The fourth-order valence-electron chi connectivity index (χ4n) is 1.20. The van der Waals surface area contributed by atoms with Gasteiger partial charge in [-0.05, 0) is 25.5 Å². The molecule has 1 rings (SSSR count). The maximum absolute atomic E-state index is 11.8. The number of hydrogen-bond acceptors (Lipinski definition) is 2. The number of hydrogen-bond donors (Lipinski definition) is 0. The van der Waals surface area contributed by atoms with Gasteiger partial charge < -0.3 is 0 Å². The van der Waals surface area contributed by atoms with Crippen LogP contribution in [0.5, 0.6) is 0 Å². The van der Waals surface area contributed by atoms with Crippen molar-refractivity contribution in [3.8, 4) is 0 Å². The van der Waals surface area contributed by atoms with Gasteiger partial charge in [0.05, 0.1) is 10.6 Å². The Morgan fingerprint density at radius 1 is 1.13 bits per heavy atom. The Labute approximate surface area is 91.6 Å². The van der Waals surface area contributed by atoms with Gasteiger partial charge in [0, 0.05) is 0 Å². The van der Waals surface area contributed by atoms with Crippen LogP contribution in [-0.4, -0.2) is 14.2 Å². The highest BCUT2D eigenvalue weighted by Gasteiger charge is 2.11. The Balaban J connectivity index is 2.87. The molecular formula is C12H16O2S. The van der Waals surface area contributed by atoms with E-state index in [0.717, 1.165) is 12.0 Å². The highest BCUT2D eigenvalue weighted by atomic mass is 32.2. The fraction of sp³-hybridized carbons (Fsp3) is 0.333. The third-order valence-electron chi connectivity index (χ3n) is 2.10. The topological polar surface area (TPSA) is 34.1 Å². The standard InChI is InChI=1S/C12H16O2S/c1-3-4-5-10-15(13,14)12-8-6-11(2)7-9-12/h4-9H,3,10H2,1-2H3/b5-4-. The smallest absolute Gasteiger partial charge is 0.181 e. The summed E-state index contributed by atoms with van der Waals surface area (Å²) in [5, 5.41) is 0. The summed E-state index contributed by atoms with van der Waals surface area (Å²) in [4.78, 5) is 0.397. The second-order valence-electron chi connectivity index (χ2n) is 3.47. The van der Waals surface area contributed by atoms with Crippen LogP contribution in [0.15, 0.2) is 41.3 Å². The minimum atomic E-state index is -3.14. The molecule has 0 aliphatic carbocycles. The number of benzene rings is 1. The number of allylic oxidation sites excluding steroid dienone is 1. The molecule has 0 heterocycles. The highest BCUT2D eigenvalue weighted by molar-refractivity contribution is 7.91. The van der Waals surface area contributed by atoms with E-state index in [1.54, 1.807) is 18.2 Å². The van der Waals surface area contributed by atoms with Crippen molar-refractivity contribution in [1.82, 2.24) is 0 Å². The van der Waals surface area contributed by atoms with Crippen molar-refractivity contribution in [3.63, 3.8) is 0 Å². The van der Waals surface area contributed by atoms with Gasteiger partial charge in [0.15, 0.2) is 9.84 Å². The first-order valence-electron chi connectivity index (χ1n) is 5.00. The van der Waals surface area contributed by atoms with E-state index in [4.69, 9.17) is 0 Å². The summed E-state index contributed by atoms with van der Waals surface area (Å²) in [5.41, 5.74) is 1.07. The maximum Gasteiger partial charge on any atom is 0.181 e. The van der Waals surface area contributed by atoms with E-state index in [0.29, 0.717) is 4.90 Å². The van der Waals surface area contributed by atoms with Gasteiger partial charge in [-0.3, -0.25) is 0 Å². The van der Waals surface area contributed by atoms with Crippen molar-refractivity contribution in [2.75, 3.05) is 5.75 Å². The minimum Gasteiger partial charge on any atom is -0.223 e. The first-order valence-corrected chi connectivity index (χ1v) is 6.66. The van der Waals surface area contributed by atoms with E-state index in [2.05, 4.69) is 0 Å². The Morgan fingerprint density at radius 3 is 2.27 bits per heavy atom. The lowest BCUT2D eigenvalue weighted by Crippen LogP contribution is -2.04. The molecule has 0 N–H and O–H groups in total. The molecule has 1 aromatic carbocycles. The molecule has 0 bridgehead atoms. The summed E-state index contributed by atoms with van der Waals surface area (Å²) in [5.74, 6) is 0.0872. The van der Waals surface area contributed by atoms with Crippen LogP contribution in [0.3, 0.4) is 0 Å². The largest absolute Gasteiger partial charge is 0.223 e. The van der Waals surface area contributed by atoms with E-state index >= 15 is 0 Å². The number of aryl methyl sites for hydroxylation is 1. The quantitative estimate of drug-likeness (QED) is 0.737. The molecule has 82 valence electrons. The first kappa shape index (κ1) is 12.0. The van der Waals surface area contributed by atoms with Crippen LogP contribution >= 0.6 is 0 Å². The van der Waals surface area contributed by atoms with E-state index in [1.807, 2.05) is 32.1 Å². The lowest BCUT2D eigenvalue weighted by Gasteiger charge is -2.01. The summed E-state index contributed by atoms with van der Waals surface area (Å²) < 4.78 is 23.5. The van der Waals surface area contributed by atoms with Crippen LogP contribution in [-0.2, 0) is 9.84 Å². The van der Waals surface area contributed by atoms with E-state index in [9.17, 15) is 8.42 Å². The lowest BCUT2D eigenvalue weighted by atomic mass is 10.2. The normalized spacial score (nSPS) is 12.1. The Bertz CT molecular complexity index is 427. The van der Waals surface area contributed by atoms with Crippen LogP contribution in [0.4, 0.5) is 0 Å². The minimum absolute atomic E-state index is 0.0872. The average Bonchev–Trinajstić information content (AvgIpc) is 2.18. The molecule has 3 heteroatoms. The zero-order valence-corrected chi connectivity index (χ0v) is 9.92. The summed E-state index contributed by atoms with van der Waals surface area (Å²) >= 11 is 0. The van der Waals surface area contributed by atoms with Crippen LogP contribution in [0.1, 0.15) is 18.9 Å². The molecule has 0 unspecified atom stereocenters. The van der Waals surface area contributed by atoms with Crippen molar-refractivity contribution < 1.29 is 8.42 Å². The van der Waals surface area contributed by atoms with Gasteiger partial charge in [0.2, 0.25) is 0 Å². The molecule has 0 amide bonds.